The van der Waals surface area contributed by atoms with Crippen LogP contribution in [-0.2, 0) is 9.59 Å². The van der Waals surface area contributed by atoms with Crippen LogP contribution >= 0.6 is 11.3 Å². The molecule has 0 unspecified atom stereocenters. The fourth-order valence-electron chi connectivity index (χ4n) is 3.50. The molecule has 158 valence electrons. The molecule has 2 atom stereocenters. The average Bonchev–Trinajstić information content (AvgIpc) is 3.01. The van der Waals surface area contributed by atoms with Crippen molar-refractivity contribution in [2.75, 3.05) is 17.7 Å². The summed E-state index contributed by atoms with van der Waals surface area (Å²) in [7, 11) is 1.52. The average molecular weight is 429 g/mol. The van der Waals surface area contributed by atoms with Gasteiger partial charge in [-0.15, -0.1) is 11.3 Å². The summed E-state index contributed by atoms with van der Waals surface area (Å²) in [6.45, 7) is 3.70. The Labute approximate surface area is 178 Å². The molecule has 0 radical (unpaired) electrons. The molecular weight excluding hydrogens is 404 g/mol. The van der Waals surface area contributed by atoms with E-state index in [-0.39, 0.29) is 11.8 Å². The molecule has 7 nitrogen and oxygen atoms in total. The Bertz CT molecular complexity index is 1010. The van der Waals surface area contributed by atoms with E-state index in [1.54, 1.807) is 30.3 Å². The number of allylic oxidation sites excluding steroid dienone is 2. The first-order valence-electron chi connectivity index (χ1n) is 9.56. The highest BCUT2D eigenvalue weighted by Gasteiger charge is 2.35. The largest absolute Gasteiger partial charge is 0.495 e. The molecule has 2 aromatic rings. The molecule has 0 saturated heterocycles. The van der Waals surface area contributed by atoms with Gasteiger partial charge in [-0.3, -0.25) is 14.4 Å². The standard InChI is InChI=1S/C22H24N2O5S/c1-12-13(2)30-21(24-19(25)14-8-4-5-9-15(14)22(27)28)18(12)20(26)23-16-10-6-7-11-17(16)29-3/h4-7,10-11,14-15H,8-9H2,1-3H3,(H,23,26)(H,24,25)(H,27,28)/t14-,15-/m0/s1. The molecule has 1 heterocycles. The highest BCUT2D eigenvalue weighted by Crippen LogP contribution is 2.35. The van der Waals surface area contributed by atoms with Gasteiger partial charge in [0.2, 0.25) is 5.91 Å². The lowest BCUT2D eigenvalue weighted by atomic mass is 9.82. The van der Waals surface area contributed by atoms with Gasteiger partial charge in [0.1, 0.15) is 10.8 Å². The molecule has 3 N–H and O–H groups in total. The van der Waals surface area contributed by atoms with Crippen molar-refractivity contribution in [1.82, 2.24) is 0 Å². The molecule has 0 bridgehead atoms. The molecule has 3 rings (SSSR count). The topological polar surface area (TPSA) is 105 Å². The van der Waals surface area contributed by atoms with Crippen LogP contribution in [0.1, 0.15) is 33.6 Å². The minimum atomic E-state index is -0.993. The third-order valence-electron chi connectivity index (χ3n) is 5.29. The van der Waals surface area contributed by atoms with Gasteiger partial charge in [0.15, 0.2) is 0 Å². The SMILES string of the molecule is COc1ccccc1NC(=O)c1c(NC(=O)[C@H]2CC=CC[C@@H]2C(=O)O)sc(C)c1C. The summed E-state index contributed by atoms with van der Waals surface area (Å²) in [5.74, 6) is -2.68. The van der Waals surface area contributed by atoms with E-state index in [4.69, 9.17) is 4.74 Å². The van der Waals surface area contributed by atoms with Gasteiger partial charge in [-0.05, 0) is 44.4 Å². The number of carboxylic acid groups (broad SMARTS) is 1. The van der Waals surface area contributed by atoms with Crippen molar-refractivity contribution in [3.8, 4) is 5.75 Å². The lowest BCUT2D eigenvalue weighted by molar-refractivity contribution is -0.146. The van der Waals surface area contributed by atoms with Crippen LogP contribution in [-0.4, -0.2) is 30.0 Å². The number of aliphatic carboxylic acids is 1. The van der Waals surface area contributed by atoms with Crippen LogP contribution in [0.15, 0.2) is 36.4 Å². The van der Waals surface area contributed by atoms with E-state index in [1.165, 1.54) is 18.4 Å². The van der Waals surface area contributed by atoms with Gasteiger partial charge < -0.3 is 20.5 Å². The minimum absolute atomic E-state index is 0.317. The van der Waals surface area contributed by atoms with Gasteiger partial charge in [-0.25, -0.2) is 0 Å². The molecule has 1 aromatic carbocycles. The fraction of sp³-hybridized carbons (Fsp3) is 0.318. The van der Waals surface area contributed by atoms with E-state index in [0.29, 0.717) is 34.8 Å². The van der Waals surface area contributed by atoms with Crippen molar-refractivity contribution in [3.05, 3.63) is 52.4 Å². The lowest BCUT2D eigenvalue weighted by Gasteiger charge is -2.24. The van der Waals surface area contributed by atoms with E-state index >= 15 is 0 Å². The number of rotatable bonds is 6. The first kappa shape index (κ1) is 21.6. The maximum absolute atomic E-state index is 13.1. The number of hydrogen-bond acceptors (Lipinski definition) is 5. The third kappa shape index (κ3) is 4.38. The molecule has 1 aromatic heterocycles. The van der Waals surface area contributed by atoms with Crippen molar-refractivity contribution in [2.24, 2.45) is 11.8 Å². The molecule has 0 fully saturated rings. The normalized spacial score (nSPS) is 18.0. The lowest BCUT2D eigenvalue weighted by Crippen LogP contribution is -2.35. The van der Waals surface area contributed by atoms with Gasteiger partial charge in [0, 0.05) is 4.88 Å². The number of anilines is 2. The summed E-state index contributed by atoms with van der Waals surface area (Å²) in [4.78, 5) is 38.4. The minimum Gasteiger partial charge on any atom is -0.495 e. The summed E-state index contributed by atoms with van der Waals surface area (Å²) in [5.41, 5.74) is 1.66. The Kier molecular flexibility index (Phi) is 6.56. The van der Waals surface area contributed by atoms with Crippen LogP contribution in [0.4, 0.5) is 10.7 Å². The maximum atomic E-state index is 13.1. The predicted octanol–water partition coefficient (Wildman–Crippen LogP) is 4.23. The zero-order valence-corrected chi connectivity index (χ0v) is 17.8. The predicted molar refractivity (Wildman–Crippen MR) is 116 cm³/mol. The van der Waals surface area contributed by atoms with Crippen molar-refractivity contribution in [2.45, 2.75) is 26.7 Å². The first-order valence-corrected chi connectivity index (χ1v) is 10.4. The number of carbonyl (C=O) groups excluding carboxylic acids is 2. The summed E-state index contributed by atoms with van der Waals surface area (Å²) in [6.07, 6.45) is 4.28. The van der Waals surface area contributed by atoms with Crippen LogP contribution in [0.25, 0.3) is 0 Å². The van der Waals surface area contributed by atoms with Crippen molar-refractivity contribution < 1.29 is 24.2 Å². The smallest absolute Gasteiger partial charge is 0.307 e. The molecule has 1 aliphatic carbocycles. The number of benzene rings is 1. The zero-order chi connectivity index (χ0) is 21.8. The second kappa shape index (κ2) is 9.13. The number of carbonyl (C=O) groups is 3. The van der Waals surface area contributed by atoms with E-state index in [0.717, 1.165) is 10.4 Å². The molecule has 0 spiro atoms. The van der Waals surface area contributed by atoms with Crippen molar-refractivity contribution in [1.29, 1.82) is 0 Å². The number of para-hydroxylation sites is 2. The Morgan fingerprint density at radius 1 is 1.07 bits per heavy atom. The molecule has 30 heavy (non-hydrogen) atoms. The quantitative estimate of drug-likeness (QED) is 0.597. The monoisotopic (exact) mass is 428 g/mol. The van der Waals surface area contributed by atoms with Crippen LogP contribution in [0.2, 0.25) is 0 Å². The van der Waals surface area contributed by atoms with Crippen LogP contribution in [0.3, 0.4) is 0 Å². The van der Waals surface area contributed by atoms with Gasteiger partial charge in [-0.2, -0.15) is 0 Å². The number of thiophene rings is 1. The molecule has 2 amide bonds. The van der Waals surface area contributed by atoms with E-state index in [9.17, 15) is 19.5 Å². The summed E-state index contributed by atoms with van der Waals surface area (Å²) in [6, 6.07) is 7.06. The number of hydrogen-bond donors (Lipinski definition) is 3. The van der Waals surface area contributed by atoms with E-state index < -0.39 is 17.8 Å². The van der Waals surface area contributed by atoms with Crippen LogP contribution in [0.5, 0.6) is 5.75 Å². The fourth-order valence-corrected chi connectivity index (χ4v) is 4.56. The van der Waals surface area contributed by atoms with Gasteiger partial charge in [-0.1, -0.05) is 24.3 Å². The Morgan fingerprint density at radius 2 is 1.73 bits per heavy atom. The highest BCUT2D eigenvalue weighted by molar-refractivity contribution is 7.16. The Hall–Kier alpha value is -3.13. The summed E-state index contributed by atoms with van der Waals surface area (Å²) < 4.78 is 5.28. The zero-order valence-electron chi connectivity index (χ0n) is 17.0. The number of methoxy groups -OCH3 is 1. The van der Waals surface area contributed by atoms with Crippen LogP contribution < -0.4 is 15.4 Å². The highest BCUT2D eigenvalue weighted by atomic mass is 32.1. The molecule has 0 saturated carbocycles. The molecule has 0 aliphatic heterocycles. The molecular formula is C22H24N2O5S. The summed E-state index contributed by atoms with van der Waals surface area (Å²) in [5, 5.41) is 15.5. The first-order chi connectivity index (χ1) is 14.3. The maximum Gasteiger partial charge on any atom is 0.307 e. The van der Waals surface area contributed by atoms with E-state index in [1.807, 2.05) is 19.9 Å². The third-order valence-corrected chi connectivity index (χ3v) is 6.41. The van der Waals surface area contributed by atoms with Gasteiger partial charge in [0.25, 0.3) is 5.91 Å². The van der Waals surface area contributed by atoms with Gasteiger partial charge in [0.05, 0.1) is 30.2 Å². The van der Waals surface area contributed by atoms with Crippen LogP contribution in [0, 0.1) is 25.7 Å². The summed E-state index contributed by atoms with van der Waals surface area (Å²) >= 11 is 1.30. The Morgan fingerprint density at radius 3 is 2.40 bits per heavy atom. The van der Waals surface area contributed by atoms with Crippen molar-refractivity contribution in [3.63, 3.8) is 0 Å². The second-order valence-electron chi connectivity index (χ2n) is 7.13. The number of amides is 2. The second-order valence-corrected chi connectivity index (χ2v) is 8.35. The Balaban J connectivity index is 1.86. The molecule has 1 aliphatic rings. The number of aryl methyl sites for hydroxylation is 1. The number of ether oxygens (including phenoxy) is 1. The van der Waals surface area contributed by atoms with E-state index in [2.05, 4.69) is 10.6 Å². The van der Waals surface area contributed by atoms with Gasteiger partial charge >= 0.3 is 5.97 Å². The molecule has 8 heteroatoms. The number of nitrogens with one attached hydrogen (secondary N) is 2. The number of carboxylic acids is 1. The van der Waals surface area contributed by atoms with Crippen molar-refractivity contribution >= 4 is 39.8 Å².